The van der Waals surface area contributed by atoms with Crippen LogP contribution in [0.15, 0.2) is 36.4 Å². The fraction of sp³-hybridized carbons (Fsp3) is 0.588. The molecule has 1 aliphatic carbocycles. The van der Waals surface area contributed by atoms with Crippen LogP contribution in [0.4, 0.5) is 0 Å². The summed E-state index contributed by atoms with van der Waals surface area (Å²) in [6.45, 7) is 9.20. The van der Waals surface area contributed by atoms with Gasteiger partial charge in [-0.1, -0.05) is 113 Å². The average Bonchev–Trinajstić information content (AvgIpc) is 2.97. The molecule has 3 rings (SSSR count). The number of carbonyl (C=O) groups excluding carboxylic acids is 2. The number of hydrogen-bond donors (Lipinski definition) is 0. The maximum absolute atomic E-state index is 13.5. The van der Waals surface area contributed by atoms with Crippen molar-refractivity contribution in [3.05, 3.63) is 58.7 Å². The third-order valence-corrected chi connectivity index (χ3v) is 9.77. The Morgan fingerprint density at radius 2 is 1.18 bits per heavy atom. The average molecular weight is 600 g/mol. The first-order valence-electron chi connectivity index (χ1n) is 15.2. The molecule has 0 atom stereocenters. The third kappa shape index (κ3) is 8.19. The summed E-state index contributed by atoms with van der Waals surface area (Å²) >= 11 is 3.92. The van der Waals surface area contributed by atoms with Crippen LogP contribution < -0.4 is 9.47 Å². The number of fused-ring (bicyclic) bond motifs is 2. The molecule has 2 aromatic carbocycles. The Morgan fingerprint density at radius 3 is 1.72 bits per heavy atom. The molecule has 2 aromatic rings. The summed E-state index contributed by atoms with van der Waals surface area (Å²) in [5.74, 6) is 0.625. The number of alkyl halides is 1. The maximum Gasteiger partial charge on any atom is 0.198 e. The molecular weight excluding hydrogens is 552 g/mol. The van der Waals surface area contributed by atoms with Gasteiger partial charge < -0.3 is 9.47 Å². The number of benzene rings is 2. The first kappa shape index (κ1) is 31.4. The lowest BCUT2D eigenvalue weighted by atomic mass is 9.83. The highest BCUT2D eigenvalue weighted by molar-refractivity contribution is 9.10. The molecule has 0 aliphatic heterocycles. The van der Waals surface area contributed by atoms with Gasteiger partial charge in [-0.3, -0.25) is 9.59 Å². The van der Waals surface area contributed by atoms with Gasteiger partial charge in [0.15, 0.2) is 11.6 Å². The van der Waals surface area contributed by atoms with Gasteiger partial charge >= 0.3 is 0 Å². The van der Waals surface area contributed by atoms with E-state index < -0.39 is 0 Å². The first-order valence-corrected chi connectivity index (χ1v) is 16.0. The van der Waals surface area contributed by atoms with Crippen molar-refractivity contribution >= 4 is 27.5 Å². The second-order valence-corrected chi connectivity index (χ2v) is 12.5. The largest absolute Gasteiger partial charge is 0.493 e. The zero-order chi connectivity index (χ0) is 28.3. The molecule has 0 amide bonds. The van der Waals surface area contributed by atoms with E-state index in [2.05, 4.69) is 43.6 Å². The van der Waals surface area contributed by atoms with Gasteiger partial charge in [-0.2, -0.15) is 0 Å². The second kappa shape index (κ2) is 15.6. The van der Waals surface area contributed by atoms with Gasteiger partial charge in [-0.05, 0) is 50.7 Å². The van der Waals surface area contributed by atoms with Crippen LogP contribution in [-0.2, 0) is 0 Å². The molecule has 0 unspecified atom stereocenters. The van der Waals surface area contributed by atoms with E-state index in [0.717, 1.165) is 25.7 Å². The van der Waals surface area contributed by atoms with E-state index in [0.29, 0.717) is 44.7 Å². The maximum atomic E-state index is 13.5. The molecule has 0 fully saturated rings. The quantitative estimate of drug-likeness (QED) is 0.108. The Kier molecular flexibility index (Phi) is 12.6. The molecule has 0 bridgehead atoms. The third-order valence-electron chi connectivity index (χ3n) is 8.25. The molecule has 0 aromatic heterocycles. The van der Waals surface area contributed by atoms with Crippen LogP contribution >= 0.6 is 15.9 Å². The normalized spacial score (nSPS) is 13.0. The van der Waals surface area contributed by atoms with Gasteiger partial charge in [0.2, 0.25) is 0 Å². The van der Waals surface area contributed by atoms with Crippen LogP contribution in [0.5, 0.6) is 11.5 Å². The highest BCUT2D eigenvalue weighted by atomic mass is 79.9. The fourth-order valence-electron chi connectivity index (χ4n) is 5.41. The highest BCUT2D eigenvalue weighted by Crippen LogP contribution is 2.39. The highest BCUT2D eigenvalue weighted by Gasteiger charge is 2.35. The van der Waals surface area contributed by atoms with Gasteiger partial charge in [0.1, 0.15) is 11.5 Å². The number of ketones is 2. The summed E-state index contributed by atoms with van der Waals surface area (Å²) in [4.78, 5) is 27.0. The van der Waals surface area contributed by atoms with Crippen LogP contribution in [0, 0.1) is 0 Å². The van der Waals surface area contributed by atoms with E-state index in [1.807, 2.05) is 0 Å². The summed E-state index contributed by atoms with van der Waals surface area (Å²) in [7, 11) is 0. The molecule has 0 saturated carbocycles. The van der Waals surface area contributed by atoms with Crippen molar-refractivity contribution in [1.29, 1.82) is 0 Å². The molecule has 39 heavy (non-hydrogen) atoms. The summed E-state index contributed by atoms with van der Waals surface area (Å²) in [5, 5.41) is 0. The molecule has 0 spiro atoms. The van der Waals surface area contributed by atoms with Crippen molar-refractivity contribution in [1.82, 2.24) is 0 Å². The number of hydrogen-bond acceptors (Lipinski definition) is 4. The van der Waals surface area contributed by atoms with Crippen molar-refractivity contribution in [2.45, 2.75) is 122 Å². The van der Waals surface area contributed by atoms with Crippen molar-refractivity contribution < 1.29 is 19.1 Å². The van der Waals surface area contributed by atoms with E-state index >= 15 is 0 Å². The van der Waals surface area contributed by atoms with E-state index in [4.69, 9.17) is 9.47 Å². The molecule has 1 aliphatic rings. The summed E-state index contributed by atoms with van der Waals surface area (Å²) in [5.41, 5.74) is 1.56. The predicted molar refractivity (Wildman–Crippen MR) is 164 cm³/mol. The van der Waals surface area contributed by atoms with Crippen LogP contribution in [0.2, 0.25) is 0 Å². The Hall–Kier alpha value is -2.14. The van der Waals surface area contributed by atoms with Crippen molar-refractivity contribution in [3.8, 4) is 11.5 Å². The molecule has 0 N–H and O–H groups in total. The number of ether oxygens (including phenoxy) is 2. The molecular formula is C34H47BrO4. The Morgan fingerprint density at radius 1 is 0.692 bits per heavy atom. The number of rotatable bonds is 18. The van der Waals surface area contributed by atoms with Crippen LogP contribution in [0.1, 0.15) is 143 Å². The number of halogens is 1. The lowest BCUT2D eigenvalue weighted by molar-refractivity contribution is 0.0968. The Labute approximate surface area is 244 Å². The van der Waals surface area contributed by atoms with Crippen LogP contribution in [0.3, 0.4) is 0 Å². The van der Waals surface area contributed by atoms with Crippen molar-refractivity contribution in [2.75, 3.05) is 6.61 Å². The van der Waals surface area contributed by atoms with E-state index in [9.17, 15) is 9.59 Å². The van der Waals surface area contributed by atoms with Crippen molar-refractivity contribution in [2.24, 2.45) is 0 Å². The summed E-state index contributed by atoms with van der Waals surface area (Å²) < 4.78 is 12.7. The lowest BCUT2D eigenvalue weighted by Crippen LogP contribution is -2.24. The Bertz CT molecular complexity index is 1080. The smallest absolute Gasteiger partial charge is 0.198 e. The predicted octanol–water partition coefficient (Wildman–Crippen LogP) is 9.87. The molecule has 0 saturated heterocycles. The van der Waals surface area contributed by atoms with Gasteiger partial charge in [0.05, 0.1) is 23.8 Å². The summed E-state index contributed by atoms with van der Waals surface area (Å²) in [6.07, 6.45) is 15.0. The fourth-order valence-corrected chi connectivity index (χ4v) is 5.69. The molecule has 0 radical (unpaired) electrons. The van der Waals surface area contributed by atoms with Gasteiger partial charge in [-0.15, -0.1) is 0 Å². The molecule has 214 valence electrons. The number of unbranched alkanes of at least 4 members (excludes halogenated alkanes) is 7. The van der Waals surface area contributed by atoms with E-state index in [-0.39, 0.29) is 17.7 Å². The second-order valence-electron chi connectivity index (χ2n) is 10.9. The molecule has 5 heteroatoms. The minimum Gasteiger partial charge on any atom is -0.493 e. The summed E-state index contributed by atoms with van der Waals surface area (Å²) in [6, 6.07) is 10.6. The van der Waals surface area contributed by atoms with Gasteiger partial charge in [0.25, 0.3) is 0 Å². The molecule has 4 nitrogen and oxygen atoms in total. The van der Waals surface area contributed by atoms with Gasteiger partial charge in [-0.25, -0.2) is 0 Å². The Balaban J connectivity index is 1.53. The van der Waals surface area contributed by atoms with Crippen LogP contribution in [0.25, 0.3) is 0 Å². The minimum atomic E-state index is -0.169. The zero-order valence-electron chi connectivity index (χ0n) is 24.5. The van der Waals surface area contributed by atoms with E-state index in [1.54, 1.807) is 36.4 Å². The topological polar surface area (TPSA) is 52.6 Å². The first-order chi connectivity index (χ1) is 18.9. The van der Waals surface area contributed by atoms with Crippen molar-refractivity contribution in [3.63, 3.8) is 0 Å². The monoisotopic (exact) mass is 598 g/mol. The number of carbonyl (C=O) groups is 2. The van der Waals surface area contributed by atoms with E-state index in [1.165, 1.54) is 57.8 Å². The standard InChI is InChI=1S/C34H47BrO4/c1-5-25(6-2)39-29-22-21-28(30-31(29)33(37)27-20-16-15-19-26(27)32(30)36)38-24-18-14-12-10-9-11-13-17-23-34(35,7-3)8-4/h15-16,19-22,25H,5-14,17-18,23-24H2,1-4H3. The molecule has 0 heterocycles. The lowest BCUT2D eigenvalue weighted by Gasteiger charge is -2.25. The van der Waals surface area contributed by atoms with Gasteiger partial charge in [0, 0.05) is 15.5 Å². The SMILES string of the molecule is CCC(CC)Oc1ccc(OCCCCCCCCCCC(Br)(CC)CC)c2c1C(=O)c1ccccc1C2=O. The zero-order valence-corrected chi connectivity index (χ0v) is 26.0. The van der Waals surface area contributed by atoms with Crippen LogP contribution in [-0.4, -0.2) is 28.6 Å². The minimum absolute atomic E-state index is 0.00780.